The van der Waals surface area contributed by atoms with Gasteiger partial charge in [-0.25, -0.2) is 10.6 Å². The molecule has 0 aliphatic heterocycles. The van der Waals surface area contributed by atoms with Crippen LogP contribution in [0.2, 0.25) is 0 Å². The Labute approximate surface area is 290 Å². The maximum Gasteiger partial charge on any atom is 1.00 e. The van der Waals surface area contributed by atoms with Crippen LogP contribution in [0.1, 0.15) is 59.3 Å². The summed E-state index contributed by atoms with van der Waals surface area (Å²) >= 11 is 9.01. The van der Waals surface area contributed by atoms with Crippen molar-refractivity contribution in [2.24, 2.45) is 0 Å². The summed E-state index contributed by atoms with van der Waals surface area (Å²) in [4.78, 5) is 0. The van der Waals surface area contributed by atoms with E-state index in [-0.39, 0.29) is 138 Å². The quantitative estimate of drug-likeness (QED) is 0.132. The molecule has 0 aliphatic carbocycles. The summed E-state index contributed by atoms with van der Waals surface area (Å²) in [5.41, 5.74) is 0. The summed E-state index contributed by atoms with van der Waals surface area (Å²) in [7, 11) is 0. The van der Waals surface area contributed by atoms with Gasteiger partial charge in [-0.2, -0.15) is 19.3 Å². The zero-order chi connectivity index (χ0) is 23.8. The van der Waals surface area contributed by atoms with E-state index in [0.717, 1.165) is 19.3 Å². The second-order valence-electron chi connectivity index (χ2n) is 3.14. The molecular weight excluding hydrogens is 490 g/mol. The number of aliphatic hydroxyl groups is 3. The summed E-state index contributed by atoms with van der Waals surface area (Å²) < 4.78 is 17.0. The van der Waals surface area contributed by atoms with Gasteiger partial charge in [0.25, 0.3) is 0 Å². The van der Waals surface area contributed by atoms with Gasteiger partial charge < -0.3 is 43.0 Å². The van der Waals surface area contributed by atoms with Crippen LogP contribution in [0.25, 0.3) is 0 Å². The van der Waals surface area contributed by atoms with E-state index in [0.29, 0.717) is 12.8 Å². The third kappa shape index (κ3) is 354. The largest absolute Gasteiger partial charge is 1.00 e. The van der Waals surface area contributed by atoms with Crippen molar-refractivity contribution in [2.45, 2.75) is 59.3 Å². The van der Waals surface area contributed by atoms with Gasteiger partial charge >= 0.3 is 118 Å². The molecule has 5 nitrogen and oxygen atoms in total. The molecule has 0 rings (SSSR count). The number of halogens is 2. The molecule has 0 saturated carbocycles. The van der Waals surface area contributed by atoms with Crippen LogP contribution >= 0.6 is 24.4 Å². The maximum absolute atomic E-state index is 8.50. The van der Waals surface area contributed by atoms with Gasteiger partial charge in [-0.1, -0.05) is 73.7 Å². The molecule has 0 amide bonds. The van der Waals surface area contributed by atoms with Gasteiger partial charge in [-0.3, -0.25) is 0 Å². The first-order valence-corrected chi connectivity index (χ1v) is 9.22. The molecule has 0 atom stereocenters. The summed E-state index contributed by atoms with van der Waals surface area (Å²) in [6.45, 7) is 19.9. The molecule has 0 heterocycles. The predicted molar refractivity (Wildman–Crippen MR) is 121 cm³/mol. The molecule has 0 aromatic rings. The monoisotopic (exact) mass is 532 g/mol. The number of aliphatic hydroxyl groups excluding tert-OH is 3. The van der Waals surface area contributed by atoms with Gasteiger partial charge in [0.05, 0.1) is 0 Å². The first-order chi connectivity index (χ1) is 13.1. The van der Waals surface area contributed by atoms with Crippen molar-refractivity contribution in [3.8, 4) is 0 Å². The maximum atomic E-state index is 8.50. The van der Waals surface area contributed by atoms with Gasteiger partial charge in [0, 0.05) is 13.2 Å². The Bertz CT molecular complexity index is 150. The van der Waals surface area contributed by atoms with Crippen LogP contribution in [0, 0.1) is 27.7 Å². The van der Waals surface area contributed by atoms with Crippen LogP contribution in [-0.4, -0.2) is 56.5 Å². The SMILES string of the molecule is CC.CCCC=S.OF.OF.[CH2-]CCC=S.[CH2-]CCO.[CH2-]CCO.[CH2-]CO.[Na+].[Na+].[Na+].[Na+]. The molecule has 0 fully saturated rings. The zero-order valence-electron chi connectivity index (χ0n) is 21.2. The number of thiocarbonyl (C=S) groups is 2. The van der Waals surface area contributed by atoms with E-state index < -0.39 is 0 Å². The van der Waals surface area contributed by atoms with E-state index in [4.69, 9.17) is 35.0 Å². The Morgan fingerprint density at radius 3 is 0.839 bits per heavy atom. The van der Waals surface area contributed by atoms with E-state index in [1.165, 1.54) is 6.42 Å². The molecule has 0 bridgehead atoms. The van der Waals surface area contributed by atoms with Crippen molar-refractivity contribution >= 4 is 35.2 Å². The summed E-state index contributed by atoms with van der Waals surface area (Å²) in [5, 5.41) is 37.5. The predicted octanol–water partition coefficient (Wildman–Crippen LogP) is -7.63. The average Bonchev–Trinajstić information content (AvgIpc) is 2.75. The van der Waals surface area contributed by atoms with Gasteiger partial charge in [-0.15, -0.1) is 0 Å². The van der Waals surface area contributed by atoms with Crippen molar-refractivity contribution in [3.63, 3.8) is 0 Å². The average molecular weight is 533 g/mol. The smallest absolute Gasteiger partial charge is 0.428 e. The first kappa shape index (κ1) is 76.5. The van der Waals surface area contributed by atoms with Crippen LogP contribution in [-0.2, 0) is 0 Å². The zero-order valence-corrected chi connectivity index (χ0v) is 30.8. The van der Waals surface area contributed by atoms with Gasteiger partial charge in [-0.05, 0) is 17.2 Å². The molecule has 174 valence electrons. The number of hydrogen-bond acceptors (Lipinski definition) is 7. The van der Waals surface area contributed by atoms with Crippen molar-refractivity contribution in [1.82, 2.24) is 0 Å². The molecule has 0 unspecified atom stereocenters. The molecular formula is C18H42F2Na4O5S2. The van der Waals surface area contributed by atoms with Gasteiger partial charge in [0.1, 0.15) is 0 Å². The minimum Gasteiger partial charge on any atom is -0.428 e. The Morgan fingerprint density at radius 2 is 0.839 bits per heavy atom. The molecule has 0 radical (unpaired) electrons. The Balaban J connectivity index is -0.0000000134. The van der Waals surface area contributed by atoms with Crippen LogP contribution in [0.3, 0.4) is 0 Å². The van der Waals surface area contributed by atoms with Crippen LogP contribution in [0.4, 0.5) is 9.05 Å². The Kier molecular flexibility index (Phi) is 409. The normalized spacial score (nSPS) is 5.48. The topological polar surface area (TPSA) is 101 Å². The molecule has 13 heteroatoms. The summed E-state index contributed by atoms with van der Waals surface area (Å²) in [5.74, 6) is 0. The minimum absolute atomic E-state index is 0. The Hall–Kier alpha value is 3.84. The van der Waals surface area contributed by atoms with Gasteiger partial charge in [0.15, 0.2) is 0 Å². The third-order valence-electron chi connectivity index (χ3n) is 1.04. The second-order valence-corrected chi connectivity index (χ2v) is 3.81. The van der Waals surface area contributed by atoms with Crippen LogP contribution in [0.15, 0.2) is 0 Å². The van der Waals surface area contributed by atoms with Crippen molar-refractivity contribution in [2.75, 3.05) is 19.8 Å². The van der Waals surface area contributed by atoms with Crippen LogP contribution in [0.5, 0.6) is 0 Å². The fraction of sp³-hybridized carbons (Fsp3) is 0.667. The number of rotatable bonds is 6. The molecule has 0 aromatic heterocycles. The van der Waals surface area contributed by atoms with E-state index in [2.05, 4.69) is 59.1 Å². The molecule has 0 aromatic carbocycles. The second kappa shape index (κ2) is 166. The fourth-order valence-corrected chi connectivity index (χ4v) is 0.604. The molecule has 5 N–H and O–H groups in total. The Morgan fingerprint density at radius 1 is 0.645 bits per heavy atom. The van der Waals surface area contributed by atoms with Gasteiger partial charge in [0.2, 0.25) is 0 Å². The van der Waals surface area contributed by atoms with Crippen LogP contribution < -0.4 is 118 Å². The third-order valence-corrected chi connectivity index (χ3v) is 1.52. The number of hydrogen-bond donors (Lipinski definition) is 5. The van der Waals surface area contributed by atoms with Crippen molar-refractivity contribution < 1.29 is 153 Å². The standard InChI is InChI=1S/C4H8S.C4H7S.2C3H7O.C2H5O.C2H6.2FHO.4Na/c2*1-2-3-4-5;2*1-2-3-4;1-2-3;3*1-2;;;;/h4H,2-3H2,1H3;4H,1-3H2;2*4H,1-3H2;3H,1-2H2;1-2H3;2*2H;;;;/q;4*-1;;;;4*+1. The molecule has 31 heavy (non-hydrogen) atoms. The van der Waals surface area contributed by atoms with E-state index in [1.807, 2.05) is 13.8 Å². The molecule has 0 aliphatic rings. The molecule has 0 saturated heterocycles. The fourth-order valence-electron chi connectivity index (χ4n) is 0.201. The van der Waals surface area contributed by atoms with Crippen molar-refractivity contribution in [1.29, 1.82) is 0 Å². The molecule has 0 spiro atoms. The first-order valence-electron chi connectivity index (χ1n) is 8.28. The van der Waals surface area contributed by atoms with E-state index >= 15 is 0 Å². The van der Waals surface area contributed by atoms with E-state index in [1.54, 1.807) is 10.7 Å². The summed E-state index contributed by atoms with van der Waals surface area (Å²) in [6, 6.07) is 0. The van der Waals surface area contributed by atoms with Crippen molar-refractivity contribution in [3.05, 3.63) is 27.7 Å². The van der Waals surface area contributed by atoms with E-state index in [9.17, 15) is 0 Å². The minimum atomic E-state index is 0. The number of unbranched alkanes of at least 4 members (excludes halogenated alkanes) is 2. The summed E-state index contributed by atoms with van der Waals surface area (Å²) in [6.07, 6.45) is 5.41.